The summed E-state index contributed by atoms with van der Waals surface area (Å²) in [6.45, 7) is 0.788. The minimum atomic E-state index is 0.686. The Morgan fingerprint density at radius 1 is 0.692 bits per heavy atom. The Morgan fingerprint density at radius 2 is 1.19 bits per heavy atom. The van der Waals surface area contributed by atoms with Gasteiger partial charge in [-0.2, -0.15) is 17.9 Å². The molecule has 138 valence electrons. The van der Waals surface area contributed by atoms with E-state index < -0.39 is 0 Å². The Morgan fingerprint density at radius 3 is 1.73 bits per heavy atom. The van der Waals surface area contributed by atoms with E-state index in [1.165, 1.54) is 44.9 Å². The summed E-state index contributed by atoms with van der Waals surface area (Å²) < 4.78 is 5.84. The molecule has 0 radical (unpaired) electrons. The number of hydrogen-bond donors (Lipinski definition) is 1. The molecule has 0 saturated heterocycles. The quantitative estimate of drug-likeness (QED) is 0.336. The smallest absolute Gasteiger partial charge is 0.119 e. The van der Waals surface area contributed by atoms with Crippen LogP contribution in [0, 0.1) is 11.3 Å². The van der Waals surface area contributed by atoms with Gasteiger partial charge in [0.2, 0.25) is 0 Å². The molecule has 0 aliphatic rings. The van der Waals surface area contributed by atoms with Gasteiger partial charge in [-0.15, -0.1) is 0 Å². The van der Waals surface area contributed by atoms with Crippen molar-refractivity contribution in [2.24, 2.45) is 0 Å². The molecule has 2 nitrogen and oxygen atoms in total. The first-order chi connectivity index (χ1) is 12.8. The molecule has 0 unspecified atom stereocenters. The molecule has 2 rings (SSSR count). The number of nitrogens with zero attached hydrogens (tertiary/aromatic N) is 1. The van der Waals surface area contributed by atoms with Crippen LogP contribution in [0.2, 0.25) is 0 Å². The van der Waals surface area contributed by atoms with Crippen molar-refractivity contribution >= 4 is 12.6 Å². The first-order valence-electron chi connectivity index (χ1n) is 9.68. The Bertz CT molecular complexity index is 658. The lowest BCUT2D eigenvalue weighted by molar-refractivity contribution is 0.304. The van der Waals surface area contributed by atoms with E-state index in [0.29, 0.717) is 5.56 Å². The van der Waals surface area contributed by atoms with Gasteiger partial charge in [-0.05, 0) is 54.0 Å². The SMILES string of the molecule is N#Cc1ccc(-c2ccc(OCCCCCCCCCCS)cc2)cc1. The lowest BCUT2D eigenvalue weighted by Crippen LogP contribution is -1.97. The summed E-state index contributed by atoms with van der Waals surface area (Å²) in [6, 6.07) is 18.0. The van der Waals surface area contributed by atoms with Crippen molar-refractivity contribution in [1.82, 2.24) is 0 Å². The summed E-state index contributed by atoms with van der Waals surface area (Å²) in [5.74, 6) is 1.94. The Hall–Kier alpha value is -1.92. The zero-order chi connectivity index (χ0) is 18.5. The molecule has 2 aromatic rings. The molecule has 0 fully saturated rings. The Balaban J connectivity index is 1.61. The normalized spacial score (nSPS) is 10.5. The third-order valence-corrected chi connectivity index (χ3v) is 4.84. The molecule has 0 heterocycles. The highest BCUT2D eigenvalue weighted by molar-refractivity contribution is 7.80. The Labute approximate surface area is 163 Å². The first kappa shape index (κ1) is 20.4. The number of nitriles is 1. The monoisotopic (exact) mass is 367 g/mol. The van der Waals surface area contributed by atoms with Crippen molar-refractivity contribution in [3.8, 4) is 22.9 Å². The molecule has 3 heteroatoms. The zero-order valence-corrected chi connectivity index (χ0v) is 16.4. The van der Waals surface area contributed by atoms with Crippen LogP contribution in [0.3, 0.4) is 0 Å². The van der Waals surface area contributed by atoms with Crippen LogP contribution in [-0.4, -0.2) is 12.4 Å². The average Bonchev–Trinajstić information content (AvgIpc) is 2.70. The van der Waals surface area contributed by atoms with E-state index in [0.717, 1.165) is 35.7 Å². The third kappa shape index (κ3) is 7.54. The summed E-state index contributed by atoms with van der Waals surface area (Å²) in [4.78, 5) is 0. The number of thiol groups is 1. The fourth-order valence-corrected chi connectivity index (χ4v) is 3.17. The maximum absolute atomic E-state index is 8.86. The molecular weight excluding hydrogens is 338 g/mol. The van der Waals surface area contributed by atoms with Crippen LogP contribution in [0.5, 0.6) is 5.75 Å². The predicted molar refractivity (Wildman–Crippen MR) is 113 cm³/mol. The fourth-order valence-electron chi connectivity index (χ4n) is 2.95. The third-order valence-electron chi connectivity index (χ3n) is 4.52. The van der Waals surface area contributed by atoms with Gasteiger partial charge in [-0.25, -0.2) is 0 Å². The molecule has 0 saturated carbocycles. The number of ether oxygens (including phenoxy) is 1. The molecule has 0 aromatic heterocycles. The lowest BCUT2D eigenvalue weighted by Gasteiger charge is -2.08. The van der Waals surface area contributed by atoms with Crippen LogP contribution in [0.15, 0.2) is 48.5 Å². The average molecular weight is 368 g/mol. The summed E-state index contributed by atoms with van der Waals surface area (Å²) in [7, 11) is 0. The van der Waals surface area contributed by atoms with Gasteiger partial charge in [0.25, 0.3) is 0 Å². The van der Waals surface area contributed by atoms with Gasteiger partial charge in [0, 0.05) is 0 Å². The Kier molecular flexibility index (Phi) is 9.75. The van der Waals surface area contributed by atoms with Crippen LogP contribution in [0.4, 0.5) is 0 Å². The largest absolute Gasteiger partial charge is 0.494 e. The van der Waals surface area contributed by atoms with E-state index in [-0.39, 0.29) is 0 Å². The summed E-state index contributed by atoms with van der Waals surface area (Å²) in [5.41, 5.74) is 2.94. The number of hydrogen-bond acceptors (Lipinski definition) is 3. The minimum absolute atomic E-state index is 0.686. The highest BCUT2D eigenvalue weighted by Gasteiger charge is 2.00. The van der Waals surface area contributed by atoms with Crippen molar-refractivity contribution in [1.29, 1.82) is 5.26 Å². The molecule has 0 N–H and O–H groups in total. The van der Waals surface area contributed by atoms with Gasteiger partial charge in [0.1, 0.15) is 5.75 Å². The molecule has 0 amide bonds. The van der Waals surface area contributed by atoms with Gasteiger partial charge >= 0.3 is 0 Å². The van der Waals surface area contributed by atoms with Crippen molar-refractivity contribution < 1.29 is 4.74 Å². The summed E-state index contributed by atoms with van der Waals surface area (Å²) >= 11 is 4.24. The van der Waals surface area contributed by atoms with Crippen molar-refractivity contribution in [2.45, 2.75) is 51.4 Å². The fraction of sp³-hybridized carbons (Fsp3) is 0.435. The second-order valence-electron chi connectivity index (χ2n) is 6.61. The van der Waals surface area contributed by atoms with E-state index >= 15 is 0 Å². The zero-order valence-electron chi connectivity index (χ0n) is 15.5. The number of rotatable bonds is 12. The highest BCUT2D eigenvalue weighted by Crippen LogP contribution is 2.23. The molecule has 0 bridgehead atoms. The summed E-state index contributed by atoms with van der Waals surface area (Å²) in [6.07, 6.45) is 10.3. The molecule has 2 aromatic carbocycles. The van der Waals surface area contributed by atoms with Crippen LogP contribution in [0.25, 0.3) is 11.1 Å². The van der Waals surface area contributed by atoms with Crippen molar-refractivity contribution in [3.63, 3.8) is 0 Å². The van der Waals surface area contributed by atoms with E-state index in [4.69, 9.17) is 10.00 Å². The van der Waals surface area contributed by atoms with E-state index in [1.807, 2.05) is 36.4 Å². The minimum Gasteiger partial charge on any atom is -0.494 e. The molecule has 0 aliphatic carbocycles. The molecule has 0 spiro atoms. The standard InChI is InChI=1S/C23H29NOS/c24-19-20-9-11-21(12-10-20)22-13-15-23(16-14-22)25-17-7-5-3-1-2-4-6-8-18-26/h9-16,26H,1-8,17-18H2. The van der Waals surface area contributed by atoms with Crippen molar-refractivity contribution in [3.05, 3.63) is 54.1 Å². The van der Waals surface area contributed by atoms with Crippen molar-refractivity contribution in [2.75, 3.05) is 12.4 Å². The number of benzene rings is 2. The molecule has 0 aliphatic heterocycles. The highest BCUT2D eigenvalue weighted by atomic mass is 32.1. The maximum atomic E-state index is 8.86. The predicted octanol–water partition coefficient (Wildman–Crippen LogP) is 6.65. The van der Waals surface area contributed by atoms with Gasteiger partial charge in [0.15, 0.2) is 0 Å². The summed E-state index contributed by atoms with van der Waals surface area (Å²) in [5, 5.41) is 8.86. The molecule has 26 heavy (non-hydrogen) atoms. The first-order valence-corrected chi connectivity index (χ1v) is 10.3. The van der Waals surface area contributed by atoms with E-state index in [1.54, 1.807) is 0 Å². The van der Waals surface area contributed by atoms with Gasteiger partial charge in [0.05, 0.1) is 18.2 Å². The maximum Gasteiger partial charge on any atom is 0.119 e. The molecule has 0 atom stereocenters. The van der Waals surface area contributed by atoms with Gasteiger partial charge in [-0.3, -0.25) is 0 Å². The topological polar surface area (TPSA) is 33.0 Å². The van der Waals surface area contributed by atoms with Crippen LogP contribution in [-0.2, 0) is 0 Å². The van der Waals surface area contributed by atoms with E-state index in [2.05, 4.69) is 30.8 Å². The van der Waals surface area contributed by atoms with Crippen LogP contribution in [0.1, 0.15) is 56.9 Å². The van der Waals surface area contributed by atoms with Gasteiger partial charge in [-0.1, -0.05) is 62.8 Å². The van der Waals surface area contributed by atoms with Crippen LogP contribution < -0.4 is 4.74 Å². The molecular formula is C23H29NOS. The van der Waals surface area contributed by atoms with E-state index in [9.17, 15) is 0 Å². The number of unbranched alkanes of at least 4 members (excludes halogenated alkanes) is 7. The van der Waals surface area contributed by atoms with Gasteiger partial charge < -0.3 is 4.74 Å². The van der Waals surface area contributed by atoms with Crippen LogP contribution >= 0.6 is 12.6 Å². The second-order valence-corrected chi connectivity index (χ2v) is 7.06. The lowest BCUT2D eigenvalue weighted by atomic mass is 10.0. The second kappa shape index (κ2) is 12.4.